The van der Waals surface area contributed by atoms with Crippen LogP contribution in [0.15, 0.2) is 12.7 Å². The Labute approximate surface area is 131 Å². The fourth-order valence-electron chi connectivity index (χ4n) is 2.49. The molecule has 3 nitrogen and oxygen atoms in total. The van der Waals surface area contributed by atoms with Crippen molar-refractivity contribution in [3.63, 3.8) is 0 Å². The monoisotopic (exact) mass is 300 g/mol. The normalized spacial score (nSPS) is 14.0. The maximum absolute atomic E-state index is 9.79. The minimum Gasteiger partial charge on any atom is -0.386 e. The lowest BCUT2D eigenvalue weighted by Gasteiger charge is -2.20. The Hall–Kier alpha value is -0.380. The predicted octanol–water partition coefficient (Wildman–Crippen LogP) is 4.83. The van der Waals surface area contributed by atoms with Gasteiger partial charge in [-0.2, -0.15) is 0 Å². The second kappa shape index (κ2) is 16.0. The topological polar surface area (TPSA) is 38.7 Å². The van der Waals surface area contributed by atoms with Gasteiger partial charge in [0.25, 0.3) is 0 Å². The van der Waals surface area contributed by atoms with Crippen molar-refractivity contribution in [2.24, 2.45) is 0 Å². The molecule has 126 valence electrons. The van der Waals surface area contributed by atoms with Crippen LogP contribution in [0, 0.1) is 0 Å². The van der Waals surface area contributed by atoms with Crippen LogP contribution in [0.25, 0.3) is 0 Å². The van der Waals surface area contributed by atoms with E-state index in [1.807, 2.05) is 0 Å². The molecule has 3 heteroatoms. The van der Waals surface area contributed by atoms with E-state index >= 15 is 0 Å². The van der Waals surface area contributed by atoms with Crippen molar-refractivity contribution < 1.29 is 14.6 Å². The third kappa shape index (κ3) is 13.0. The van der Waals surface area contributed by atoms with Crippen molar-refractivity contribution in [1.29, 1.82) is 0 Å². The van der Waals surface area contributed by atoms with Crippen molar-refractivity contribution in [2.75, 3.05) is 13.9 Å². The standard InChI is InChI=1S/C18H36O3/c1-4-6-7-8-9-10-11-12-13-14-15-18(17(19)5-2)21-16-20-3/h5,17-19H,2,4,6-16H2,1,3H3/t17-,18-/m1/s1. The summed E-state index contributed by atoms with van der Waals surface area (Å²) in [5.74, 6) is 0. The van der Waals surface area contributed by atoms with Gasteiger partial charge in [0, 0.05) is 7.11 Å². The third-order valence-electron chi connectivity index (χ3n) is 3.86. The van der Waals surface area contributed by atoms with E-state index < -0.39 is 6.10 Å². The van der Waals surface area contributed by atoms with E-state index in [1.165, 1.54) is 63.9 Å². The van der Waals surface area contributed by atoms with Crippen LogP contribution in [0.3, 0.4) is 0 Å². The smallest absolute Gasteiger partial charge is 0.146 e. The van der Waals surface area contributed by atoms with Crippen LogP contribution < -0.4 is 0 Å². The molecule has 0 aromatic carbocycles. The molecule has 0 aliphatic rings. The Bertz CT molecular complexity index is 219. The Morgan fingerprint density at radius 2 is 1.48 bits per heavy atom. The Kier molecular flexibility index (Phi) is 15.7. The van der Waals surface area contributed by atoms with Gasteiger partial charge in [-0.15, -0.1) is 6.58 Å². The summed E-state index contributed by atoms with van der Waals surface area (Å²) in [5.41, 5.74) is 0. The van der Waals surface area contributed by atoms with Gasteiger partial charge in [-0.1, -0.05) is 77.2 Å². The maximum atomic E-state index is 9.79. The molecule has 0 spiro atoms. The first kappa shape index (κ1) is 20.6. The fraction of sp³-hybridized carbons (Fsp3) is 0.889. The fourth-order valence-corrected chi connectivity index (χ4v) is 2.49. The largest absolute Gasteiger partial charge is 0.386 e. The van der Waals surface area contributed by atoms with Gasteiger partial charge < -0.3 is 14.6 Å². The zero-order valence-corrected chi connectivity index (χ0v) is 14.2. The minimum absolute atomic E-state index is 0.184. The summed E-state index contributed by atoms with van der Waals surface area (Å²) in [6.45, 7) is 6.10. The van der Waals surface area contributed by atoms with Crippen LogP contribution in [0.1, 0.15) is 77.6 Å². The second-order valence-corrected chi connectivity index (χ2v) is 5.81. The first-order valence-electron chi connectivity index (χ1n) is 8.67. The van der Waals surface area contributed by atoms with Crippen LogP contribution in [0.2, 0.25) is 0 Å². The first-order chi connectivity index (χ1) is 10.3. The Balaban J connectivity index is 3.46. The summed E-state index contributed by atoms with van der Waals surface area (Å²) in [7, 11) is 1.60. The van der Waals surface area contributed by atoms with Crippen molar-refractivity contribution in [3.8, 4) is 0 Å². The summed E-state index contributed by atoms with van der Waals surface area (Å²) in [6, 6.07) is 0. The average molecular weight is 300 g/mol. The van der Waals surface area contributed by atoms with E-state index in [1.54, 1.807) is 7.11 Å². The van der Waals surface area contributed by atoms with Gasteiger partial charge in [-0.05, 0) is 6.42 Å². The highest BCUT2D eigenvalue weighted by atomic mass is 16.7. The number of hydrogen-bond acceptors (Lipinski definition) is 3. The van der Waals surface area contributed by atoms with Crippen LogP contribution >= 0.6 is 0 Å². The van der Waals surface area contributed by atoms with Crippen molar-refractivity contribution >= 4 is 0 Å². The molecule has 1 N–H and O–H groups in total. The van der Waals surface area contributed by atoms with Gasteiger partial charge in [-0.25, -0.2) is 0 Å². The van der Waals surface area contributed by atoms with Crippen LogP contribution in [0.5, 0.6) is 0 Å². The molecule has 0 radical (unpaired) electrons. The molecule has 0 unspecified atom stereocenters. The molecular formula is C18H36O3. The highest BCUT2D eigenvalue weighted by molar-refractivity contribution is 4.85. The quantitative estimate of drug-likeness (QED) is 0.252. The average Bonchev–Trinajstić information content (AvgIpc) is 2.51. The van der Waals surface area contributed by atoms with Crippen LogP contribution in [0.4, 0.5) is 0 Å². The summed E-state index contributed by atoms with van der Waals surface area (Å²) in [5, 5.41) is 9.79. The van der Waals surface area contributed by atoms with Gasteiger partial charge >= 0.3 is 0 Å². The zero-order valence-electron chi connectivity index (χ0n) is 14.2. The summed E-state index contributed by atoms with van der Waals surface area (Å²) in [4.78, 5) is 0. The molecule has 0 aromatic heterocycles. The van der Waals surface area contributed by atoms with E-state index in [9.17, 15) is 5.11 Å². The molecule has 0 aliphatic carbocycles. The summed E-state index contributed by atoms with van der Waals surface area (Å²) < 4.78 is 10.4. The lowest BCUT2D eigenvalue weighted by molar-refractivity contribution is -0.105. The highest BCUT2D eigenvalue weighted by Crippen LogP contribution is 2.14. The molecular weight excluding hydrogens is 264 g/mol. The third-order valence-corrected chi connectivity index (χ3v) is 3.86. The molecule has 0 bridgehead atoms. The predicted molar refractivity (Wildman–Crippen MR) is 89.4 cm³/mol. The number of unbranched alkanes of at least 4 members (excludes halogenated alkanes) is 9. The van der Waals surface area contributed by atoms with Gasteiger partial charge in [0.2, 0.25) is 0 Å². The highest BCUT2D eigenvalue weighted by Gasteiger charge is 2.16. The number of methoxy groups -OCH3 is 1. The van der Waals surface area contributed by atoms with Crippen molar-refractivity contribution in [1.82, 2.24) is 0 Å². The molecule has 0 fully saturated rings. The van der Waals surface area contributed by atoms with E-state index in [0.717, 1.165) is 12.8 Å². The number of hydrogen-bond donors (Lipinski definition) is 1. The minimum atomic E-state index is -0.598. The zero-order chi connectivity index (χ0) is 15.8. The molecule has 0 rings (SSSR count). The van der Waals surface area contributed by atoms with Crippen molar-refractivity contribution in [3.05, 3.63) is 12.7 Å². The lowest BCUT2D eigenvalue weighted by atomic mass is 10.0. The number of ether oxygens (including phenoxy) is 2. The van der Waals surface area contributed by atoms with Crippen LogP contribution in [-0.4, -0.2) is 31.2 Å². The van der Waals surface area contributed by atoms with E-state index in [0.29, 0.717) is 0 Å². The molecule has 2 atom stereocenters. The van der Waals surface area contributed by atoms with E-state index in [-0.39, 0.29) is 12.9 Å². The molecule has 21 heavy (non-hydrogen) atoms. The lowest BCUT2D eigenvalue weighted by Crippen LogP contribution is -2.28. The molecule has 0 aliphatic heterocycles. The van der Waals surface area contributed by atoms with Crippen molar-refractivity contribution in [2.45, 2.75) is 89.8 Å². The molecule has 0 aromatic rings. The SMILES string of the molecule is C=C[C@@H](O)[C@@H](CCCCCCCCCCCC)OCOC. The number of rotatable bonds is 16. The van der Waals surface area contributed by atoms with Gasteiger partial charge in [0.1, 0.15) is 6.79 Å². The molecule has 0 amide bonds. The molecule has 0 saturated heterocycles. The summed E-state index contributed by atoms with van der Waals surface area (Å²) >= 11 is 0. The number of aliphatic hydroxyl groups is 1. The molecule has 0 saturated carbocycles. The first-order valence-corrected chi connectivity index (χ1v) is 8.67. The maximum Gasteiger partial charge on any atom is 0.146 e. The Morgan fingerprint density at radius 3 is 1.95 bits per heavy atom. The van der Waals surface area contributed by atoms with Crippen LogP contribution in [-0.2, 0) is 9.47 Å². The second-order valence-electron chi connectivity index (χ2n) is 5.81. The van der Waals surface area contributed by atoms with E-state index in [2.05, 4.69) is 13.5 Å². The Morgan fingerprint density at radius 1 is 0.952 bits per heavy atom. The van der Waals surface area contributed by atoms with Gasteiger partial charge in [0.15, 0.2) is 0 Å². The number of aliphatic hydroxyl groups excluding tert-OH is 1. The summed E-state index contributed by atoms with van der Waals surface area (Å²) in [6.07, 6.45) is 14.8. The van der Waals surface area contributed by atoms with Gasteiger partial charge in [0.05, 0.1) is 12.2 Å². The van der Waals surface area contributed by atoms with Gasteiger partial charge in [-0.3, -0.25) is 0 Å². The molecule has 0 heterocycles. The van der Waals surface area contributed by atoms with E-state index in [4.69, 9.17) is 9.47 Å².